The average Bonchev–Trinajstić information content (AvgIpc) is 3.02. The Morgan fingerprint density at radius 2 is 2.05 bits per heavy atom. The van der Waals surface area contributed by atoms with E-state index in [4.69, 9.17) is 0 Å². The quantitative estimate of drug-likeness (QED) is 0.806. The minimum atomic E-state index is -0.441. The number of nitrogens with zero attached hydrogens (tertiary/aromatic N) is 3. The first-order chi connectivity index (χ1) is 9.66. The van der Waals surface area contributed by atoms with Crippen LogP contribution in [0.15, 0.2) is 41.4 Å². The highest BCUT2D eigenvalue weighted by Gasteiger charge is 2.35. The molecule has 0 saturated heterocycles. The number of imidazole rings is 1. The SMILES string of the molecule is O=C1C(=O)N(CCCn2ccnc2)c2cc(Br)ccc21. The van der Waals surface area contributed by atoms with Gasteiger partial charge in [0.15, 0.2) is 0 Å². The zero-order chi connectivity index (χ0) is 14.1. The summed E-state index contributed by atoms with van der Waals surface area (Å²) in [6.45, 7) is 1.29. The number of carbonyl (C=O) groups is 2. The van der Waals surface area contributed by atoms with E-state index in [-0.39, 0.29) is 0 Å². The van der Waals surface area contributed by atoms with E-state index < -0.39 is 11.7 Å². The van der Waals surface area contributed by atoms with Crippen LogP contribution in [-0.4, -0.2) is 27.8 Å². The molecule has 5 nitrogen and oxygen atoms in total. The summed E-state index contributed by atoms with van der Waals surface area (Å²) in [5.41, 5.74) is 1.18. The number of ketones is 1. The fourth-order valence-electron chi connectivity index (χ4n) is 2.32. The van der Waals surface area contributed by atoms with Crippen LogP contribution in [-0.2, 0) is 11.3 Å². The summed E-state index contributed by atoms with van der Waals surface area (Å²) in [4.78, 5) is 29.4. The summed E-state index contributed by atoms with van der Waals surface area (Å²) in [5.74, 6) is -0.862. The Hall–Kier alpha value is -1.95. The van der Waals surface area contributed by atoms with Gasteiger partial charge in [-0.2, -0.15) is 0 Å². The topological polar surface area (TPSA) is 55.2 Å². The van der Waals surface area contributed by atoms with Gasteiger partial charge in [-0.15, -0.1) is 0 Å². The number of fused-ring (bicyclic) bond motifs is 1. The second-order valence-electron chi connectivity index (χ2n) is 4.60. The van der Waals surface area contributed by atoms with Gasteiger partial charge in [-0.25, -0.2) is 4.98 Å². The van der Waals surface area contributed by atoms with Crippen LogP contribution in [0.25, 0.3) is 0 Å². The van der Waals surface area contributed by atoms with Crippen molar-refractivity contribution in [1.29, 1.82) is 0 Å². The lowest BCUT2D eigenvalue weighted by Crippen LogP contribution is -2.31. The van der Waals surface area contributed by atoms with Gasteiger partial charge in [0.1, 0.15) is 0 Å². The Labute approximate surface area is 124 Å². The lowest BCUT2D eigenvalue weighted by Gasteiger charge is -2.16. The first kappa shape index (κ1) is 13.1. The minimum Gasteiger partial charge on any atom is -0.337 e. The van der Waals surface area contributed by atoms with Crippen LogP contribution in [0.3, 0.4) is 0 Å². The fourth-order valence-corrected chi connectivity index (χ4v) is 2.67. The Morgan fingerprint density at radius 1 is 1.20 bits per heavy atom. The van der Waals surface area contributed by atoms with Crippen LogP contribution < -0.4 is 4.90 Å². The molecule has 0 radical (unpaired) electrons. The first-order valence-electron chi connectivity index (χ1n) is 6.28. The normalized spacial score (nSPS) is 13.9. The molecule has 1 aliphatic rings. The van der Waals surface area contributed by atoms with E-state index in [0.29, 0.717) is 17.8 Å². The maximum Gasteiger partial charge on any atom is 0.299 e. The number of carbonyl (C=O) groups excluding carboxylic acids is 2. The highest BCUT2D eigenvalue weighted by atomic mass is 79.9. The predicted molar refractivity (Wildman–Crippen MR) is 77.7 cm³/mol. The van der Waals surface area contributed by atoms with Crippen molar-refractivity contribution in [2.24, 2.45) is 0 Å². The molecule has 3 rings (SSSR count). The van der Waals surface area contributed by atoms with Crippen LogP contribution in [0.1, 0.15) is 16.8 Å². The summed E-state index contributed by atoms with van der Waals surface area (Å²) >= 11 is 3.37. The van der Waals surface area contributed by atoms with Crippen molar-refractivity contribution in [2.75, 3.05) is 11.4 Å². The Morgan fingerprint density at radius 3 is 2.80 bits per heavy atom. The molecule has 102 valence electrons. The molecule has 0 aliphatic carbocycles. The van der Waals surface area contributed by atoms with Crippen LogP contribution in [0.4, 0.5) is 5.69 Å². The highest BCUT2D eigenvalue weighted by molar-refractivity contribution is 9.10. The van der Waals surface area contributed by atoms with Gasteiger partial charge in [0.2, 0.25) is 0 Å². The van der Waals surface area contributed by atoms with Crippen molar-refractivity contribution in [3.63, 3.8) is 0 Å². The largest absolute Gasteiger partial charge is 0.337 e. The number of Topliss-reactive ketones (excluding diaryl/α,β-unsaturated/α-hetero) is 1. The molecule has 0 unspecified atom stereocenters. The molecule has 0 saturated carbocycles. The zero-order valence-corrected chi connectivity index (χ0v) is 12.2. The Balaban J connectivity index is 1.75. The Bertz CT molecular complexity index is 667. The number of hydrogen-bond donors (Lipinski definition) is 0. The number of rotatable bonds is 4. The molecule has 0 N–H and O–H groups in total. The summed E-state index contributed by atoms with van der Waals surface area (Å²) in [7, 11) is 0. The third-order valence-electron chi connectivity index (χ3n) is 3.29. The van der Waals surface area contributed by atoms with Crippen LogP contribution in [0.5, 0.6) is 0 Å². The second kappa shape index (κ2) is 5.20. The van der Waals surface area contributed by atoms with E-state index in [2.05, 4.69) is 20.9 Å². The molecule has 2 heterocycles. The minimum absolute atomic E-state index is 0.421. The first-order valence-corrected chi connectivity index (χ1v) is 7.07. The third kappa shape index (κ3) is 2.27. The number of halogens is 1. The molecule has 1 aromatic carbocycles. The molecular weight excluding hydrogens is 322 g/mol. The third-order valence-corrected chi connectivity index (χ3v) is 3.79. The smallest absolute Gasteiger partial charge is 0.299 e. The van der Waals surface area contributed by atoms with Gasteiger partial charge in [0.25, 0.3) is 11.7 Å². The number of aromatic nitrogens is 2. The van der Waals surface area contributed by atoms with Gasteiger partial charge in [0, 0.05) is 30.0 Å². The molecule has 0 bridgehead atoms. The molecular formula is C14H12BrN3O2. The van der Waals surface area contributed by atoms with E-state index in [1.165, 1.54) is 0 Å². The van der Waals surface area contributed by atoms with Crippen LogP contribution >= 0.6 is 15.9 Å². The molecule has 1 aliphatic heterocycles. The number of hydrogen-bond acceptors (Lipinski definition) is 3. The van der Waals surface area contributed by atoms with Gasteiger partial charge >= 0.3 is 0 Å². The molecule has 1 aromatic heterocycles. The molecule has 0 fully saturated rings. The average molecular weight is 334 g/mol. The second-order valence-corrected chi connectivity index (χ2v) is 5.52. The fraction of sp³-hybridized carbons (Fsp3) is 0.214. The lowest BCUT2D eigenvalue weighted by molar-refractivity contribution is -0.114. The number of amides is 1. The monoisotopic (exact) mass is 333 g/mol. The predicted octanol–water partition coefficient (Wildman–Crippen LogP) is 2.27. The standard InChI is InChI=1S/C14H12BrN3O2/c15-10-2-3-11-12(8-10)18(14(20)13(11)19)6-1-5-17-7-4-16-9-17/h2-4,7-9H,1,5-6H2. The van der Waals surface area contributed by atoms with E-state index in [1.807, 2.05) is 16.8 Å². The highest BCUT2D eigenvalue weighted by Crippen LogP contribution is 2.31. The van der Waals surface area contributed by atoms with Crippen molar-refractivity contribution in [3.8, 4) is 0 Å². The summed E-state index contributed by atoms with van der Waals surface area (Å²) in [6.07, 6.45) is 6.10. The van der Waals surface area contributed by atoms with Crippen molar-refractivity contribution in [2.45, 2.75) is 13.0 Å². The van der Waals surface area contributed by atoms with Crippen molar-refractivity contribution in [3.05, 3.63) is 47.0 Å². The maximum atomic E-state index is 12.0. The van der Waals surface area contributed by atoms with E-state index in [0.717, 1.165) is 17.4 Å². The van der Waals surface area contributed by atoms with Crippen molar-refractivity contribution < 1.29 is 9.59 Å². The Kier molecular flexibility index (Phi) is 3.40. The number of anilines is 1. The van der Waals surface area contributed by atoms with Crippen molar-refractivity contribution >= 4 is 33.3 Å². The molecule has 20 heavy (non-hydrogen) atoms. The number of aryl methyl sites for hydroxylation is 1. The molecule has 6 heteroatoms. The zero-order valence-electron chi connectivity index (χ0n) is 10.6. The van der Waals surface area contributed by atoms with Gasteiger partial charge in [-0.05, 0) is 24.6 Å². The van der Waals surface area contributed by atoms with Gasteiger partial charge in [0.05, 0.1) is 17.6 Å². The van der Waals surface area contributed by atoms with Gasteiger partial charge in [-0.3, -0.25) is 9.59 Å². The molecule has 0 atom stereocenters. The van der Waals surface area contributed by atoms with Crippen LogP contribution in [0, 0.1) is 0 Å². The van der Waals surface area contributed by atoms with E-state index in [1.54, 1.807) is 29.6 Å². The maximum absolute atomic E-state index is 12.0. The van der Waals surface area contributed by atoms with E-state index in [9.17, 15) is 9.59 Å². The summed E-state index contributed by atoms with van der Waals surface area (Å²) in [5, 5.41) is 0. The lowest BCUT2D eigenvalue weighted by atomic mass is 10.1. The summed E-state index contributed by atoms with van der Waals surface area (Å²) < 4.78 is 2.81. The van der Waals surface area contributed by atoms with Crippen molar-refractivity contribution in [1.82, 2.24) is 9.55 Å². The number of benzene rings is 1. The van der Waals surface area contributed by atoms with Crippen LogP contribution in [0.2, 0.25) is 0 Å². The molecule has 2 aromatic rings. The molecule has 0 spiro atoms. The van der Waals surface area contributed by atoms with Gasteiger partial charge in [-0.1, -0.05) is 15.9 Å². The molecule has 1 amide bonds. The van der Waals surface area contributed by atoms with Gasteiger partial charge < -0.3 is 9.47 Å². The summed E-state index contributed by atoms with van der Waals surface area (Å²) in [6, 6.07) is 5.28. The van der Waals surface area contributed by atoms with E-state index >= 15 is 0 Å².